The van der Waals surface area contributed by atoms with Gasteiger partial charge in [-0.05, 0) is 25.5 Å². The lowest BCUT2D eigenvalue weighted by Crippen LogP contribution is -2.06. The molecule has 0 unspecified atom stereocenters. The van der Waals surface area contributed by atoms with E-state index in [1.165, 1.54) is 5.56 Å². The van der Waals surface area contributed by atoms with Gasteiger partial charge in [-0.3, -0.25) is 10.1 Å². The van der Waals surface area contributed by atoms with E-state index in [-0.39, 0.29) is 10.6 Å². The summed E-state index contributed by atoms with van der Waals surface area (Å²) in [5.41, 5.74) is 3.19. The van der Waals surface area contributed by atoms with Gasteiger partial charge < -0.3 is 5.32 Å². The van der Waals surface area contributed by atoms with Crippen molar-refractivity contribution in [3.63, 3.8) is 0 Å². The van der Waals surface area contributed by atoms with Crippen molar-refractivity contribution in [2.24, 2.45) is 0 Å². The first-order valence-corrected chi connectivity index (χ1v) is 6.19. The number of rotatable bonds is 5. The summed E-state index contributed by atoms with van der Waals surface area (Å²) in [6.07, 6.45) is 0.630. The average molecular weight is 256 g/mol. The maximum atomic E-state index is 10.9. The van der Waals surface area contributed by atoms with Crippen LogP contribution < -0.4 is 5.32 Å². The van der Waals surface area contributed by atoms with Gasteiger partial charge in [0.25, 0.3) is 5.69 Å². The molecule has 4 heteroatoms. The van der Waals surface area contributed by atoms with Crippen molar-refractivity contribution < 1.29 is 4.92 Å². The second-order valence-corrected chi connectivity index (χ2v) is 4.43. The van der Waals surface area contributed by atoms with Crippen LogP contribution in [0, 0.1) is 17.0 Å². The molecule has 2 rings (SSSR count). The highest BCUT2D eigenvalue weighted by Gasteiger charge is 2.11. The fourth-order valence-corrected chi connectivity index (χ4v) is 1.91. The van der Waals surface area contributed by atoms with Crippen molar-refractivity contribution >= 4 is 11.4 Å². The van der Waals surface area contributed by atoms with E-state index in [0.717, 1.165) is 11.3 Å². The van der Waals surface area contributed by atoms with Gasteiger partial charge in [-0.15, -0.1) is 0 Å². The normalized spacial score (nSPS) is 10.2. The van der Waals surface area contributed by atoms with Gasteiger partial charge in [0.05, 0.1) is 4.92 Å². The van der Waals surface area contributed by atoms with Gasteiger partial charge >= 0.3 is 0 Å². The standard InChI is InChI=1S/C15H16N2O2/c1-12-6-8-14(9-7-12)16-11-10-13-4-2-3-5-15(13)17(18)19/h2-9,16H,10-11H2,1H3. The lowest BCUT2D eigenvalue weighted by Gasteiger charge is -2.07. The van der Waals surface area contributed by atoms with E-state index in [9.17, 15) is 10.1 Å². The lowest BCUT2D eigenvalue weighted by molar-refractivity contribution is -0.385. The molecule has 2 aromatic carbocycles. The van der Waals surface area contributed by atoms with Crippen LogP contribution in [0.4, 0.5) is 11.4 Å². The van der Waals surface area contributed by atoms with Crippen LogP contribution in [-0.4, -0.2) is 11.5 Å². The Balaban J connectivity index is 1.96. The van der Waals surface area contributed by atoms with E-state index in [4.69, 9.17) is 0 Å². The molecule has 0 heterocycles. The molecule has 0 fully saturated rings. The Kier molecular flexibility index (Phi) is 4.13. The number of para-hydroxylation sites is 1. The summed E-state index contributed by atoms with van der Waals surface area (Å²) in [5, 5.41) is 14.1. The number of nitro groups is 1. The Morgan fingerprint density at radius 2 is 1.79 bits per heavy atom. The van der Waals surface area contributed by atoms with E-state index in [2.05, 4.69) is 5.32 Å². The number of aryl methyl sites for hydroxylation is 1. The van der Waals surface area contributed by atoms with E-state index < -0.39 is 0 Å². The summed E-state index contributed by atoms with van der Waals surface area (Å²) < 4.78 is 0. The molecule has 0 aliphatic carbocycles. The molecule has 0 aliphatic heterocycles. The number of hydrogen-bond acceptors (Lipinski definition) is 3. The lowest BCUT2D eigenvalue weighted by atomic mass is 10.1. The monoisotopic (exact) mass is 256 g/mol. The molecule has 0 saturated carbocycles. The van der Waals surface area contributed by atoms with E-state index in [1.54, 1.807) is 18.2 Å². The molecular formula is C15H16N2O2. The highest BCUT2D eigenvalue weighted by Crippen LogP contribution is 2.18. The first-order chi connectivity index (χ1) is 9.16. The van der Waals surface area contributed by atoms with Crippen molar-refractivity contribution in [3.05, 3.63) is 69.8 Å². The zero-order valence-corrected chi connectivity index (χ0v) is 10.8. The second kappa shape index (κ2) is 6.00. The van der Waals surface area contributed by atoms with Gasteiger partial charge in [-0.25, -0.2) is 0 Å². The molecular weight excluding hydrogens is 240 g/mol. The highest BCUT2D eigenvalue weighted by molar-refractivity contribution is 5.45. The minimum atomic E-state index is -0.332. The van der Waals surface area contributed by atoms with Crippen molar-refractivity contribution in [2.75, 3.05) is 11.9 Å². The summed E-state index contributed by atoms with van der Waals surface area (Å²) in [7, 11) is 0. The molecule has 4 nitrogen and oxygen atoms in total. The summed E-state index contributed by atoms with van der Waals surface area (Å²) in [4.78, 5) is 10.5. The molecule has 0 radical (unpaired) electrons. The van der Waals surface area contributed by atoms with Crippen molar-refractivity contribution in [1.29, 1.82) is 0 Å². The fraction of sp³-hybridized carbons (Fsp3) is 0.200. The number of nitro benzene ring substituents is 1. The Bertz CT molecular complexity index is 565. The molecule has 0 aliphatic rings. The summed E-state index contributed by atoms with van der Waals surface area (Å²) in [5.74, 6) is 0. The Hall–Kier alpha value is -2.36. The zero-order chi connectivity index (χ0) is 13.7. The van der Waals surface area contributed by atoms with Crippen molar-refractivity contribution in [1.82, 2.24) is 0 Å². The first-order valence-electron chi connectivity index (χ1n) is 6.19. The highest BCUT2D eigenvalue weighted by atomic mass is 16.6. The van der Waals surface area contributed by atoms with E-state index in [0.29, 0.717) is 13.0 Å². The van der Waals surface area contributed by atoms with Crippen LogP contribution in [0.1, 0.15) is 11.1 Å². The first kappa shape index (κ1) is 13.1. The summed E-state index contributed by atoms with van der Waals surface area (Å²) in [6.45, 7) is 2.71. The smallest absolute Gasteiger partial charge is 0.272 e. The third-order valence-electron chi connectivity index (χ3n) is 2.96. The number of benzene rings is 2. The molecule has 0 aromatic heterocycles. The predicted octanol–water partition coefficient (Wildman–Crippen LogP) is 3.56. The molecule has 98 valence electrons. The summed E-state index contributed by atoms with van der Waals surface area (Å²) in [6, 6.07) is 14.9. The van der Waals surface area contributed by atoms with Crippen LogP contribution in [-0.2, 0) is 6.42 Å². The molecule has 0 saturated heterocycles. The van der Waals surface area contributed by atoms with Crippen LogP contribution in [0.15, 0.2) is 48.5 Å². The van der Waals surface area contributed by atoms with Gasteiger partial charge in [0.1, 0.15) is 0 Å². The SMILES string of the molecule is Cc1ccc(NCCc2ccccc2[N+](=O)[O-])cc1. The van der Waals surface area contributed by atoms with E-state index in [1.807, 2.05) is 37.3 Å². The number of nitrogens with one attached hydrogen (secondary N) is 1. The molecule has 0 atom stereocenters. The molecule has 19 heavy (non-hydrogen) atoms. The van der Waals surface area contributed by atoms with Crippen molar-refractivity contribution in [2.45, 2.75) is 13.3 Å². The van der Waals surface area contributed by atoms with Gasteiger partial charge in [-0.2, -0.15) is 0 Å². The quantitative estimate of drug-likeness (QED) is 0.657. The third kappa shape index (κ3) is 3.55. The Labute approximate surface area is 112 Å². The molecule has 0 bridgehead atoms. The largest absolute Gasteiger partial charge is 0.385 e. The maximum Gasteiger partial charge on any atom is 0.272 e. The van der Waals surface area contributed by atoms with Gasteiger partial charge in [0, 0.05) is 23.9 Å². The van der Waals surface area contributed by atoms with Crippen LogP contribution in [0.5, 0.6) is 0 Å². The second-order valence-electron chi connectivity index (χ2n) is 4.43. The summed E-state index contributed by atoms with van der Waals surface area (Å²) >= 11 is 0. The third-order valence-corrected chi connectivity index (χ3v) is 2.96. The number of anilines is 1. The molecule has 0 spiro atoms. The molecule has 1 N–H and O–H groups in total. The van der Waals surface area contributed by atoms with Crippen molar-refractivity contribution in [3.8, 4) is 0 Å². The maximum absolute atomic E-state index is 10.9. The average Bonchev–Trinajstić information content (AvgIpc) is 2.41. The molecule has 2 aromatic rings. The minimum Gasteiger partial charge on any atom is -0.385 e. The topological polar surface area (TPSA) is 55.2 Å². The van der Waals surface area contributed by atoms with E-state index >= 15 is 0 Å². The van der Waals surface area contributed by atoms with Crippen LogP contribution in [0.3, 0.4) is 0 Å². The Morgan fingerprint density at radius 1 is 1.11 bits per heavy atom. The minimum absolute atomic E-state index is 0.188. The predicted molar refractivity (Wildman–Crippen MR) is 76.5 cm³/mol. The number of hydrogen-bond donors (Lipinski definition) is 1. The number of nitrogens with zero attached hydrogens (tertiary/aromatic N) is 1. The van der Waals surface area contributed by atoms with Gasteiger partial charge in [0.15, 0.2) is 0 Å². The Morgan fingerprint density at radius 3 is 2.47 bits per heavy atom. The molecule has 0 amide bonds. The fourth-order valence-electron chi connectivity index (χ4n) is 1.91. The van der Waals surface area contributed by atoms with Crippen LogP contribution >= 0.6 is 0 Å². The zero-order valence-electron chi connectivity index (χ0n) is 10.8. The van der Waals surface area contributed by atoms with Crippen LogP contribution in [0.2, 0.25) is 0 Å². The van der Waals surface area contributed by atoms with Gasteiger partial charge in [-0.1, -0.05) is 35.9 Å². The van der Waals surface area contributed by atoms with Crippen LogP contribution in [0.25, 0.3) is 0 Å². The van der Waals surface area contributed by atoms with Gasteiger partial charge in [0.2, 0.25) is 0 Å².